The summed E-state index contributed by atoms with van der Waals surface area (Å²) in [5.74, 6) is 0.703. The van der Waals surface area contributed by atoms with E-state index in [0.29, 0.717) is 11.8 Å². The van der Waals surface area contributed by atoms with Crippen LogP contribution >= 0.6 is 0 Å². The maximum Gasteiger partial charge on any atom is 0.248 e. The van der Waals surface area contributed by atoms with Crippen molar-refractivity contribution < 1.29 is 9.59 Å². The number of hydrogen-bond donors (Lipinski definition) is 0. The highest BCUT2D eigenvalue weighted by molar-refractivity contribution is 6.05. The number of nitrogens with zero attached hydrogens (tertiary/aromatic N) is 2. The Morgan fingerprint density at radius 3 is 2.00 bits per heavy atom. The fourth-order valence-corrected chi connectivity index (χ4v) is 4.24. The van der Waals surface area contributed by atoms with Crippen LogP contribution in [0.25, 0.3) is 0 Å². The molecule has 2 aliphatic heterocycles. The molecule has 2 bridgehead atoms. The molecule has 2 amide bonds. The molecule has 4 nitrogen and oxygen atoms in total. The Morgan fingerprint density at radius 1 is 0.889 bits per heavy atom. The molecule has 4 atom stereocenters. The van der Waals surface area contributed by atoms with Crippen molar-refractivity contribution in [1.82, 2.24) is 10.0 Å². The molecule has 0 radical (unpaired) electrons. The molecule has 96 valence electrons. The summed E-state index contributed by atoms with van der Waals surface area (Å²) in [5, 5.41) is 3.49. The summed E-state index contributed by atoms with van der Waals surface area (Å²) in [5.41, 5.74) is 0. The molecule has 3 fully saturated rings. The highest BCUT2D eigenvalue weighted by Gasteiger charge is 2.60. The maximum atomic E-state index is 12.5. The van der Waals surface area contributed by atoms with Crippen LogP contribution in [0.5, 0.6) is 0 Å². The number of carbonyl (C=O) groups excluding carboxylic acids is 2. The second-order valence-electron chi connectivity index (χ2n) is 6.00. The summed E-state index contributed by atoms with van der Waals surface area (Å²) in [6.07, 6.45) is 8.72. The first-order valence-electron chi connectivity index (χ1n) is 7.08. The Labute approximate surface area is 107 Å². The average molecular weight is 246 g/mol. The number of amides is 2. The van der Waals surface area contributed by atoms with E-state index in [0.717, 1.165) is 32.4 Å². The van der Waals surface area contributed by atoms with Crippen LogP contribution in [-0.4, -0.2) is 34.9 Å². The molecule has 2 saturated heterocycles. The van der Waals surface area contributed by atoms with Gasteiger partial charge in [0.25, 0.3) is 0 Å². The molecular weight excluding hydrogens is 228 g/mol. The van der Waals surface area contributed by atoms with Gasteiger partial charge in [0, 0.05) is 13.1 Å². The van der Waals surface area contributed by atoms with Gasteiger partial charge in [-0.3, -0.25) is 9.59 Å². The van der Waals surface area contributed by atoms with E-state index in [1.807, 2.05) is 5.01 Å². The molecule has 4 rings (SSSR count). The molecule has 4 aliphatic rings. The number of hydrogen-bond acceptors (Lipinski definition) is 3. The molecule has 1 saturated carbocycles. The number of imide groups is 1. The van der Waals surface area contributed by atoms with Gasteiger partial charge >= 0.3 is 0 Å². The molecule has 0 aromatic carbocycles. The lowest BCUT2D eigenvalue weighted by atomic mass is 9.85. The van der Waals surface area contributed by atoms with Gasteiger partial charge in [-0.1, -0.05) is 18.6 Å². The van der Waals surface area contributed by atoms with E-state index in [1.165, 1.54) is 11.4 Å². The quantitative estimate of drug-likeness (QED) is 0.515. The van der Waals surface area contributed by atoms with Crippen molar-refractivity contribution in [1.29, 1.82) is 0 Å². The first-order valence-corrected chi connectivity index (χ1v) is 7.08. The Hall–Kier alpha value is -1.16. The molecule has 4 heteroatoms. The van der Waals surface area contributed by atoms with Crippen LogP contribution in [0.4, 0.5) is 0 Å². The van der Waals surface area contributed by atoms with Crippen molar-refractivity contribution in [3.05, 3.63) is 12.2 Å². The van der Waals surface area contributed by atoms with E-state index in [4.69, 9.17) is 0 Å². The number of fused-ring (bicyclic) bond motifs is 5. The molecule has 0 unspecified atom stereocenters. The minimum Gasteiger partial charge on any atom is -0.273 e. The largest absolute Gasteiger partial charge is 0.273 e. The summed E-state index contributed by atoms with van der Waals surface area (Å²) >= 11 is 0. The van der Waals surface area contributed by atoms with Gasteiger partial charge in [0.1, 0.15) is 0 Å². The fraction of sp³-hybridized carbons (Fsp3) is 0.714. The van der Waals surface area contributed by atoms with Crippen LogP contribution in [-0.2, 0) is 9.59 Å². The number of rotatable bonds is 1. The van der Waals surface area contributed by atoms with Gasteiger partial charge in [-0.15, -0.1) is 0 Å². The van der Waals surface area contributed by atoms with E-state index >= 15 is 0 Å². The standard InChI is InChI=1S/C14H18N2O2/c17-13-11-9-4-5-10(8-9)12(11)14(18)16(13)15-6-2-1-3-7-15/h4-5,9-12H,1-3,6-8H2/t9-,10-,11-,12-/m0/s1. The highest BCUT2D eigenvalue weighted by Crippen LogP contribution is 2.52. The Balaban J connectivity index is 1.63. The van der Waals surface area contributed by atoms with E-state index in [1.54, 1.807) is 0 Å². The third-order valence-corrected chi connectivity index (χ3v) is 5.06. The van der Waals surface area contributed by atoms with Crippen molar-refractivity contribution in [3.63, 3.8) is 0 Å². The molecule has 0 N–H and O–H groups in total. The van der Waals surface area contributed by atoms with Crippen LogP contribution < -0.4 is 0 Å². The number of allylic oxidation sites excluding steroid dienone is 2. The third kappa shape index (κ3) is 1.24. The number of carbonyl (C=O) groups is 2. The van der Waals surface area contributed by atoms with Gasteiger partial charge in [0.2, 0.25) is 11.8 Å². The predicted molar refractivity (Wildman–Crippen MR) is 65.0 cm³/mol. The minimum atomic E-state index is -0.0468. The molecule has 0 spiro atoms. The van der Waals surface area contributed by atoms with Crippen LogP contribution in [0.15, 0.2) is 12.2 Å². The zero-order valence-corrected chi connectivity index (χ0v) is 10.4. The maximum absolute atomic E-state index is 12.5. The van der Waals surface area contributed by atoms with Crippen molar-refractivity contribution in [2.45, 2.75) is 25.7 Å². The van der Waals surface area contributed by atoms with E-state index < -0.39 is 0 Å². The lowest BCUT2D eigenvalue weighted by molar-refractivity contribution is -0.161. The molecular formula is C14H18N2O2. The number of piperidine rings is 1. The minimum absolute atomic E-state index is 0.0468. The Morgan fingerprint density at radius 2 is 1.44 bits per heavy atom. The van der Waals surface area contributed by atoms with Gasteiger partial charge in [0.05, 0.1) is 11.8 Å². The Kier molecular flexibility index (Phi) is 2.19. The van der Waals surface area contributed by atoms with Gasteiger partial charge in [-0.2, -0.15) is 0 Å². The van der Waals surface area contributed by atoms with E-state index in [-0.39, 0.29) is 23.7 Å². The average Bonchev–Trinajstić information content (AvgIpc) is 3.05. The topological polar surface area (TPSA) is 40.6 Å². The van der Waals surface area contributed by atoms with Gasteiger partial charge in [-0.25, -0.2) is 10.0 Å². The molecule has 18 heavy (non-hydrogen) atoms. The highest BCUT2D eigenvalue weighted by atomic mass is 16.2. The second-order valence-corrected chi connectivity index (χ2v) is 6.00. The van der Waals surface area contributed by atoms with E-state index in [2.05, 4.69) is 12.2 Å². The molecule has 2 heterocycles. The monoisotopic (exact) mass is 246 g/mol. The van der Waals surface area contributed by atoms with Crippen molar-refractivity contribution in [2.24, 2.45) is 23.7 Å². The first kappa shape index (κ1) is 10.7. The molecule has 0 aromatic heterocycles. The van der Waals surface area contributed by atoms with Crippen LogP contribution in [0.3, 0.4) is 0 Å². The van der Waals surface area contributed by atoms with E-state index in [9.17, 15) is 9.59 Å². The lowest BCUT2D eigenvalue weighted by Crippen LogP contribution is -2.49. The third-order valence-electron chi connectivity index (χ3n) is 5.06. The normalized spacial score (nSPS) is 43.0. The van der Waals surface area contributed by atoms with Gasteiger partial charge in [0.15, 0.2) is 0 Å². The summed E-state index contributed by atoms with van der Waals surface area (Å²) in [6, 6.07) is 0. The lowest BCUT2D eigenvalue weighted by Gasteiger charge is -2.33. The van der Waals surface area contributed by atoms with Crippen LogP contribution in [0.1, 0.15) is 25.7 Å². The smallest absolute Gasteiger partial charge is 0.248 e. The number of hydrazine groups is 1. The van der Waals surface area contributed by atoms with Gasteiger partial charge in [-0.05, 0) is 31.1 Å². The summed E-state index contributed by atoms with van der Waals surface area (Å²) in [6.45, 7) is 1.72. The van der Waals surface area contributed by atoms with Crippen LogP contribution in [0, 0.1) is 23.7 Å². The van der Waals surface area contributed by atoms with Crippen molar-refractivity contribution in [2.75, 3.05) is 13.1 Å². The summed E-state index contributed by atoms with van der Waals surface area (Å²) in [4.78, 5) is 25.0. The summed E-state index contributed by atoms with van der Waals surface area (Å²) < 4.78 is 0. The first-order chi connectivity index (χ1) is 8.77. The fourth-order valence-electron chi connectivity index (χ4n) is 4.24. The van der Waals surface area contributed by atoms with Gasteiger partial charge < -0.3 is 0 Å². The predicted octanol–water partition coefficient (Wildman–Crippen LogP) is 1.19. The zero-order chi connectivity index (χ0) is 12.3. The Bertz CT molecular complexity index is 409. The molecule has 2 aliphatic carbocycles. The zero-order valence-electron chi connectivity index (χ0n) is 10.4. The SMILES string of the molecule is O=C1[C@@H]2[C@@H](C(=O)N1N1CCCCC1)[C@H]1C=C[C@H]2C1. The van der Waals surface area contributed by atoms with Crippen LogP contribution in [0.2, 0.25) is 0 Å². The second kappa shape index (κ2) is 3.67. The van der Waals surface area contributed by atoms with Crippen molar-refractivity contribution in [3.8, 4) is 0 Å². The summed E-state index contributed by atoms with van der Waals surface area (Å²) in [7, 11) is 0. The van der Waals surface area contributed by atoms with Crippen molar-refractivity contribution >= 4 is 11.8 Å². The molecule has 0 aromatic rings.